The van der Waals surface area contributed by atoms with E-state index in [0.29, 0.717) is 0 Å². The van der Waals surface area contributed by atoms with Crippen molar-refractivity contribution in [3.05, 3.63) is 0 Å². The molecule has 3 aliphatic rings. The summed E-state index contributed by atoms with van der Waals surface area (Å²) in [5, 5.41) is 9.65. The monoisotopic (exact) mass is 214 g/mol. The van der Waals surface area contributed by atoms with E-state index in [1.165, 1.54) is 0 Å². The molecule has 15 heavy (non-hydrogen) atoms. The maximum atomic E-state index is 11.3. The lowest BCUT2D eigenvalue weighted by molar-refractivity contribution is -0.151. The maximum Gasteiger partial charge on any atom is 0.308 e. The Balaban J connectivity index is 1.70. The van der Waals surface area contributed by atoms with Gasteiger partial charge >= 0.3 is 5.97 Å². The molecular formula is C10H14O5. The molecule has 1 N–H and O–H groups in total. The standard InChI is InChI=1S/C10H14O5/c1-4-2-6-9(14-6)10-8(15-10)5(11)3-7(12)13-4/h4-6,8-11H,2-3H2,1H3/t4-,5-,6+,8+,9+,10-/m1/s1. The Hall–Kier alpha value is -0.650. The minimum atomic E-state index is -0.752. The van der Waals surface area contributed by atoms with Gasteiger partial charge in [-0.05, 0) is 6.92 Å². The normalized spacial score (nSPS) is 53.6. The van der Waals surface area contributed by atoms with Crippen LogP contribution in [0.3, 0.4) is 0 Å². The van der Waals surface area contributed by atoms with Crippen molar-refractivity contribution in [1.29, 1.82) is 0 Å². The molecule has 3 aliphatic heterocycles. The van der Waals surface area contributed by atoms with Crippen molar-refractivity contribution in [3.8, 4) is 0 Å². The lowest BCUT2D eigenvalue weighted by Gasteiger charge is -2.14. The van der Waals surface area contributed by atoms with Gasteiger partial charge in [-0.3, -0.25) is 4.79 Å². The molecule has 0 bridgehead atoms. The number of fused-ring (bicyclic) bond motifs is 3. The minimum absolute atomic E-state index is 0.0110. The summed E-state index contributed by atoms with van der Waals surface area (Å²) >= 11 is 0. The van der Waals surface area contributed by atoms with Gasteiger partial charge in [-0.25, -0.2) is 0 Å². The van der Waals surface area contributed by atoms with Gasteiger partial charge in [0.25, 0.3) is 0 Å². The van der Waals surface area contributed by atoms with Crippen LogP contribution in [0.1, 0.15) is 19.8 Å². The first kappa shape index (κ1) is 9.57. The quantitative estimate of drug-likeness (QED) is 0.439. The SMILES string of the molecule is C[C@@H]1C[C@@H]2O[C@@H]2[C@@H]2O[C@H]2[C@H](O)CC(=O)O1. The van der Waals surface area contributed by atoms with Crippen LogP contribution in [-0.2, 0) is 19.0 Å². The van der Waals surface area contributed by atoms with Crippen LogP contribution in [-0.4, -0.2) is 47.7 Å². The number of hydrogen-bond donors (Lipinski definition) is 1. The van der Waals surface area contributed by atoms with Crippen LogP contribution in [0.4, 0.5) is 0 Å². The zero-order valence-electron chi connectivity index (χ0n) is 8.46. The summed E-state index contributed by atoms with van der Waals surface area (Å²) in [4.78, 5) is 11.3. The van der Waals surface area contributed by atoms with Crippen LogP contribution in [0.25, 0.3) is 0 Å². The number of esters is 1. The smallest absolute Gasteiger partial charge is 0.308 e. The third kappa shape index (κ3) is 1.75. The number of rotatable bonds is 0. The zero-order chi connectivity index (χ0) is 10.6. The van der Waals surface area contributed by atoms with Gasteiger partial charge in [0.1, 0.15) is 24.4 Å². The Labute approximate surface area is 87.3 Å². The molecule has 5 heteroatoms. The predicted molar refractivity (Wildman–Crippen MR) is 48.1 cm³/mol. The number of aliphatic hydroxyl groups excluding tert-OH is 1. The number of carbonyl (C=O) groups excluding carboxylic acids is 1. The lowest BCUT2D eigenvalue weighted by Crippen LogP contribution is -2.28. The summed E-state index contributed by atoms with van der Waals surface area (Å²) in [5.74, 6) is -0.358. The average molecular weight is 214 g/mol. The fourth-order valence-electron chi connectivity index (χ4n) is 2.28. The molecule has 0 radical (unpaired) electrons. The Morgan fingerprint density at radius 2 is 2.07 bits per heavy atom. The van der Waals surface area contributed by atoms with Gasteiger partial charge in [-0.15, -0.1) is 0 Å². The summed E-state index contributed by atoms with van der Waals surface area (Å²) in [6.45, 7) is 1.84. The summed E-state index contributed by atoms with van der Waals surface area (Å²) < 4.78 is 15.9. The average Bonchev–Trinajstić information content (AvgIpc) is 2.92. The van der Waals surface area contributed by atoms with Crippen molar-refractivity contribution >= 4 is 5.97 Å². The molecule has 0 aliphatic carbocycles. The molecule has 0 amide bonds. The highest BCUT2D eigenvalue weighted by Gasteiger charge is 2.60. The second kappa shape index (κ2) is 3.17. The second-order valence-electron chi connectivity index (χ2n) is 4.51. The Morgan fingerprint density at radius 3 is 2.87 bits per heavy atom. The maximum absolute atomic E-state index is 11.3. The highest BCUT2D eigenvalue weighted by molar-refractivity contribution is 5.70. The molecule has 3 fully saturated rings. The lowest BCUT2D eigenvalue weighted by atomic mass is 10.0. The molecule has 5 nitrogen and oxygen atoms in total. The number of cyclic esters (lactones) is 1. The molecule has 3 rings (SSSR count). The Bertz CT molecular complexity index is 292. The second-order valence-corrected chi connectivity index (χ2v) is 4.51. The molecule has 0 spiro atoms. The number of hydrogen-bond acceptors (Lipinski definition) is 5. The van der Waals surface area contributed by atoms with E-state index in [-0.39, 0.29) is 42.9 Å². The van der Waals surface area contributed by atoms with E-state index >= 15 is 0 Å². The van der Waals surface area contributed by atoms with Crippen LogP contribution in [0.5, 0.6) is 0 Å². The molecule has 0 aromatic carbocycles. The highest BCUT2D eigenvalue weighted by atomic mass is 16.7. The van der Waals surface area contributed by atoms with Crippen LogP contribution >= 0.6 is 0 Å². The Morgan fingerprint density at radius 1 is 1.27 bits per heavy atom. The molecule has 3 heterocycles. The molecule has 0 saturated carbocycles. The first-order valence-corrected chi connectivity index (χ1v) is 5.33. The van der Waals surface area contributed by atoms with E-state index < -0.39 is 6.10 Å². The summed E-state index contributed by atoms with van der Waals surface area (Å²) in [6.07, 6.45) is -0.171. The molecule has 84 valence electrons. The summed E-state index contributed by atoms with van der Waals surface area (Å²) in [5.41, 5.74) is 0. The first-order valence-electron chi connectivity index (χ1n) is 5.33. The van der Waals surface area contributed by atoms with Gasteiger partial charge in [0.15, 0.2) is 0 Å². The largest absolute Gasteiger partial charge is 0.462 e. The third-order valence-corrected chi connectivity index (χ3v) is 3.16. The van der Waals surface area contributed by atoms with E-state index in [0.717, 1.165) is 6.42 Å². The summed E-state index contributed by atoms with van der Waals surface area (Å²) in [7, 11) is 0. The van der Waals surface area contributed by atoms with E-state index in [9.17, 15) is 9.90 Å². The summed E-state index contributed by atoms with van der Waals surface area (Å²) in [6, 6.07) is 0. The van der Waals surface area contributed by atoms with Crippen LogP contribution in [0.15, 0.2) is 0 Å². The van der Waals surface area contributed by atoms with Gasteiger partial charge < -0.3 is 19.3 Å². The molecule has 3 saturated heterocycles. The zero-order valence-corrected chi connectivity index (χ0v) is 8.46. The van der Waals surface area contributed by atoms with Crippen molar-refractivity contribution in [2.45, 2.75) is 56.4 Å². The molecule has 6 atom stereocenters. The van der Waals surface area contributed by atoms with Crippen molar-refractivity contribution in [3.63, 3.8) is 0 Å². The molecule has 0 aromatic rings. The number of ether oxygens (including phenoxy) is 3. The van der Waals surface area contributed by atoms with E-state index in [2.05, 4.69) is 0 Å². The number of epoxide rings is 2. The minimum Gasteiger partial charge on any atom is -0.462 e. The van der Waals surface area contributed by atoms with E-state index in [1.54, 1.807) is 0 Å². The van der Waals surface area contributed by atoms with Gasteiger partial charge in [0.05, 0.1) is 18.6 Å². The van der Waals surface area contributed by atoms with E-state index in [1.807, 2.05) is 6.92 Å². The third-order valence-electron chi connectivity index (χ3n) is 3.16. The topological polar surface area (TPSA) is 71.6 Å². The van der Waals surface area contributed by atoms with Gasteiger partial charge in [-0.2, -0.15) is 0 Å². The highest BCUT2D eigenvalue weighted by Crippen LogP contribution is 2.43. The fraction of sp³-hybridized carbons (Fsp3) is 0.900. The molecule has 0 aromatic heterocycles. The van der Waals surface area contributed by atoms with Crippen molar-refractivity contribution in [2.75, 3.05) is 0 Å². The van der Waals surface area contributed by atoms with Gasteiger partial charge in [0.2, 0.25) is 0 Å². The predicted octanol–water partition coefficient (Wildman–Crippen LogP) is -0.392. The first-order chi connectivity index (χ1) is 7.15. The van der Waals surface area contributed by atoms with Gasteiger partial charge in [-0.1, -0.05) is 0 Å². The van der Waals surface area contributed by atoms with E-state index in [4.69, 9.17) is 14.2 Å². The Kier molecular flexibility index (Phi) is 2.02. The van der Waals surface area contributed by atoms with Crippen molar-refractivity contribution < 1.29 is 24.1 Å². The number of aliphatic hydroxyl groups is 1. The fourth-order valence-corrected chi connectivity index (χ4v) is 2.28. The van der Waals surface area contributed by atoms with Gasteiger partial charge in [0, 0.05) is 6.42 Å². The molecular weight excluding hydrogens is 200 g/mol. The van der Waals surface area contributed by atoms with Crippen LogP contribution in [0, 0.1) is 0 Å². The van der Waals surface area contributed by atoms with Crippen molar-refractivity contribution in [2.24, 2.45) is 0 Å². The van der Waals surface area contributed by atoms with Crippen molar-refractivity contribution in [1.82, 2.24) is 0 Å². The molecule has 0 unspecified atom stereocenters. The van der Waals surface area contributed by atoms with Crippen LogP contribution in [0.2, 0.25) is 0 Å². The number of carbonyl (C=O) groups is 1. The van der Waals surface area contributed by atoms with Crippen LogP contribution < -0.4 is 0 Å².